The molecule has 0 aliphatic heterocycles. The lowest BCUT2D eigenvalue weighted by Crippen LogP contribution is -2.07. The molecule has 19 heavy (non-hydrogen) atoms. The molecule has 0 aliphatic rings. The average molecular weight is 259 g/mol. The van der Waals surface area contributed by atoms with Crippen molar-refractivity contribution in [2.24, 2.45) is 0 Å². The Morgan fingerprint density at radius 2 is 2.00 bits per heavy atom. The first-order chi connectivity index (χ1) is 9.09. The van der Waals surface area contributed by atoms with Crippen molar-refractivity contribution in [3.8, 4) is 0 Å². The number of benzene rings is 1. The van der Waals surface area contributed by atoms with Gasteiger partial charge in [-0.3, -0.25) is 4.79 Å². The molecular formula is C14H14FN3O. The molecule has 0 saturated carbocycles. The number of anilines is 1. The molecule has 98 valence electrons. The number of ketones is 1. The maximum Gasteiger partial charge on any atom is 0.197 e. The summed E-state index contributed by atoms with van der Waals surface area (Å²) in [5, 5.41) is 5.49. The molecule has 0 spiro atoms. The first-order valence-electron chi connectivity index (χ1n) is 5.74. The van der Waals surface area contributed by atoms with E-state index in [0.29, 0.717) is 11.3 Å². The van der Waals surface area contributed by atoms with Gasteiger partial charge in [-0.1, -0.05) is 6.07 Å². The molecule has 0 atom stereocenters. The van der Waals surface area contributed by atoms with Crippen LogP contribution in [0.1, 0.15) is 21.5 Å². The van der Waals surface area contributed by atoms with Crippen molar-refractivity contribution >= 4 is 11.5 Å². The average Bonchev–Trinajstić information content (AvgIpc) is 2.36. The Morgan fingerprint density at radius 3 is 2.79 bits per heavy atom. The summed E-state index contributed by atoms with van der Waals surface area (Å²) in [5.74, 6) is -0.999. The number of halogens is 1. The highest BCUT2D eigenvalue weighted by molar-refractivity contribution is 6.10. The molecule has 0 fully saturated rings. The summed E-state index contributed by atoms with van der Waals surface area (Å²) in [4.78, 5) is 12.4. The van der Waals surface area contributed by atoms with Crippen LogP contribution in [0.4, 0.5) is 10.1 Å². The third kappa shape index (κ3) is 2.82. The van der Waals surface area contributed by atoms with Gasteiger partial charge in [-0.2, -0.15) is 0 Å². The van der Waals surface area contributed by atoms with E-state index < -0.39 is 11.6 Å². The maximum absolute atomic E-state index is 13.7. The van der Waals surface area contributed by atoms with Crippen LogP contribution >= 0.6 is 0 Å². The van der Waals surface area contributed by atoms with Gasteiger partial charge in [-0.05, 0) is 36.8 Å². The minimum absolute atomic E-state index is 0.0367. The highest BCUT2D eigenvalue weighted by Gasteiger charge is 2.15. The lowest BCUT2D eigenvalue weighted by atomic mass is 10.0. The first-order valence-corrected chi connectivity index (χ1v) is 5.74. The van der Waals surface area contributed by atoms with E-state index in [9.17, 15) is 9.18 Å². The molecule has 0 bridgehead atoms. The zero-order valence-electron chi connectivity index (χ0n) is 10.4. The van der Waals surface area contributed by atoms with Crippen LogP contribution in [0.5, 0.6) is 0 Å². The van der Waals surface area contributed by atoms with Crippen molar-refractivity contribution in [1.29, 1.82) is 0 Å². The second-order valence-electron chi connectivity index (χ2n) is 4.12. The highest BCUT2D eigenvalue weighted by atomic mass is 19.1. The fourth-order valence-corrected chi connectivity index (χ4v) is 1.71. The number of rotatable bonds is 2. The molecule has 1 aromatic heterocycles. The minimum Gasteiger partial charge on any atom is -0.399 e. The Balaban J connectivity index is 2.57. The number of carbonyl (C=O) groups excluding carboxylic acids is 1. The predicted octanol–water partition coefficient (Wildman–Crippen LogP) is 2.73. The van der Waals surface area contributed by atoms with Gasteiger partial charge in [-0.25, -0.2) is 4.39 Å². The Hall–Kier alpha value is -2.56. The largest absolute Gasteiger partial charge is 0.399 e. The van der Waals surface area contributed by atoms with E-state index in [4.69, 9.17) is 5.73 Å². The molecular weight excluding hydrogens is 245 g/mol. The van der Waals surface area contributed by atoms with Crippen LogP contribution in [-0.4, -0.2) is 16.0 Å². The normalized spacial score (nSPS) is 10.0. The molecule has 2 aromatic rings. The Labute approximate surface area is 109 Å². The molecule has 5 heteroatoms. The van der Waals surface area contributed by atoms with E-state index in [-0.39, 0.29) is 5.56 Å². The number of nitrogens with one attached hydrogen (secondary N) is 2. The standard InChI is InChI=1S/C14H14FN3O/c1-9-3-2-6-17-18-8-12(9)14(19)11-7-10(16)4-5-13(11)15/h2-8,17-18H,16H2,1H3. The van der Waals surface area contributed by atoms with E-state index in [1.807, 2.05) is 0 Å². The van der Waals surface area contributed by atoms with Gasteiger partial charge >= 0.3 is 0 Å². The summed E-state index contributed by atoms with van der Waals surface area (Å²) in [6.07, 6.45) is 3.18. The number of nitrogen functional groups attached to an aromatic ring is 1. The number of H-pyrrole nitrogens is 2. The van der Waals surface area contributed by atoms with Gasteiger partial charge in [0.15, 0.2) is 5.78 Å². The number of aryl methyl sites for hydroxylation is 1. The molecule has 1 aromatic carbocycles. The lowest BCUT2D eigenvalue weighted by molar-refractivity contribution is 0.103. The summed E-state index contributed by atoms with van der Waals surface area (Å²) < 4.78 is 13.7. The third-order valence-electron chi connectivity index (χ3n) is 2.73. The number of aromatic amines is 2. The van der Waals surface area contributed by atoms with Crippen molar-refractivity contribution in [2.45, 2.75) is 6.92 Å². The molecule has 4 nitrogen and oxygen atoms in total. The topological polar surface area (TPSA) is 74.7 Å². The van der Waals surface area contributed by atoms with Gasteiger partial charge < -0.3 is 15.9 Å². The molecule has 0 radical (unpaired) electrons. The van der Waals surface area contributed by atoms with Crippen LogP contribution in [0.25, 0.3) is 0 Å². The van der Waals surface area contributed by atoms with Crippen LogP contribution < -0.4 is 5.73 Å². The Morgan fingerprint density at radius 1 is 1.21 bits per heavy atom. The quantitative estimate of drug-likeness (QED) is 0.573. The van der Waals surface area contributed by atoms with E-state index in [1.165, 1.54) is 24.4 Å². The molecule has 1 heterocycles. The first kappa shape index (κ1) is 12.9. The second-order valence-corrected chi connectivity index (χ2v) is 4.12. The zero-order valence-corrected chi connectivity index (χ0v) is 10.4. The SMILES string of the molecule is Cc1ccc[nH][nH]cc1C(=O)c1cc(N)ccc1F. The van der Waals surface area contributed by atoms with Crippen LogP contribution in [0.15, 0.2) is 42.7 Å². The van der Waals surface area contributed by atoms with Crippen LogP contribution in [-0.2, 0) is 0 Å². The summed E-state index contributed by atoms with van der Waals surface area (Å²) in [5.41, 5.74) is 7.02. The summed E-state index contributed by atoms with van der Waals surface area (Å²) >= 11 is 0. The van der Waals surface area contributed by atoms with E-state index in [2.05, 4.69) is 10.2 Å². The summed E-state index contributed by atoms with van der Waals surface area (Å²) in [7, 11) is 0. The number of hydrogen-bond donors (Lipinski definition) is 3. The number of hydrogen-bond acceptors (Lipinski definition) is 2. The number of nitrogens with two attached hydrogens (primary N) is 1. The van der Waals surface area contributed by atoms with Crippen molar-refractivity contribution < 1.29 is 9.18 Å². The highest BCUT2D eigenvalue weighted by Crippen LogP contribution is 2.17. The van der Waals surface area contributed by atoms with Crippen molar-refractivity contribution in [2.75, 3.05) is 5.73 Å². The van der Waals surface area contributed by atoms with Crippen LogP contribution in [0.2, 0.25) is 0 Å². The van der Waals surface area contributed by atoms with Gasteiger partial charge in [0.1, 0.15) is 5.82 Å². The van der Waals surface area contributed by atoms with Crippen molar-refractivity contribution in [1.82, 2.24) is 10.2 Å². The van der Waals surface area contributed by atoms with E-state index >= 15 is 0 Å². The van der Waals surface area contributed by atoms with Gasteiger partial charge in [0.25, 0.3) is 0 Å². The fourth-order valence-electron chi connectivity index (χ4n) is 1.71. The smallest absolute Gasteiger partial charge is 0.197 e. The molecule has 0 unspecified atom stereocenters. The molecule has 0 aliphatic carbocycles. The minimum atomic E-state index is -0.585. The Kier molecular flexibility index (Phi) is 3.66. The third-order valence-corrected chi connectivity index (χ3v) is 2.73. The number of carbonyl (C=O) groups is 1. The van der Waals surface area contributed by atoms with Gasteiger partial charge in [0.2, 0.25) is 0 Å². The van der Waals surface area contributed by atoms with Crippen molar-refractivity contribution in [3.05, 3.63) is 65.2 Å². The molecule has 4 N–H and O–H groups in total. The fraction of sp³-hybridized carbons (Fsp3) is 0.0714. The molecule has 2 rings (SSSR count). The van der Waals surface area contributed by atoms with E-state index in [1.54, 1.807) is 25.3 Å². The van der Waals surface area contributed by atoms with Crippen LogP contribution in [0, 0.1) is 12.7 Å². The summed E-state index contributed by atoms with van der Waals surface area (Å²) in [6.45, 7) is 1.78. The maximum atomic E-state index is 13.7. The van der Waals surface area contributed by atoms with Gasteiger partial charge in [0, 0.05) is 23.6 Å². The lowest BCUT2D eigenvalue weighted by Gasteiger charge is -2.05. The Bertz CT molecular complexity index is 656. The molecule has 0 amide bonds. The summed E-state index contributed by atoms with van der Waals surface area (Å²) in [6, 6.07) is 7.47. The van der Waals surface area contributed by atoms with Gasteiger partial charge in [-0.15, -0.1) is 0 Å². The molecule has 0 saturated heterocycles. The van der Waals surface area contributed by atoms with Crippen LogP contribution in [0.3, 0.4) is 0 Å². The van der Waals surface area contributed by atoms with Crippen molar-refractivity contribution in [3.63, 3.8) is 0 Å². The monoisotopic (exact) mass is 259 g/mol. The second kappa shape index (κ2) is 5.39. The predicted molar refractivity (Wildman–Crippen MR) is 71.8 cm³/mol. The number of aromatic nitrogens is 2. The van der Waals surface area contributed by atoms with E-state index in [0.717, 1.165) is 5.56 Å². The van der Waals surface area contributed by atoms with Gasteiger partial charge in [0.05, 0.1) is 5.56 Å². The zero-order chi connectivity index (χ0) is 13.8.